The number of hydrogen-bond acceptors (Lipinski definition) is 2. The lowest BCUT2D eigenvalue weighted by atomic mass is 10.2. The van der Waals surface area contributed by atoms with Crippen molar-refractivity contribution in [2.45, 2.75) is 0 Å². The topological polar surface area (TPSA) is 43.1 Å². The van der Waals surface area contributed by atoms with E-state index in [2.05, 4.69) is 28.6 Å². The molecule has 1 rings (SSSR count). The molecule has 0 fully saturated rings. The van der Waals surface area contributed by atoms with Crippen molar-refractivity contribution in [3.05, 3.63) is 51.0 Å². The molecule has 0 aliphatic heterocycles. The van der Waals surface area contributed by atoms with Crippen LogP contribution in [0.3, 0.4) is 0 Å². The van der Waals surface area contributed by atoms with Gasteiger partial charge in [-0.3, -0.25) is 10.1 Å². The summed E-state index contributed by atoms with van der Waals surface area (Å²) in [5.74, 6) is 0. The van der Waals surface area contributed by atoms with Gasteiger partial charge < -0.3 is 0 Å². The highest BCUT2D eigenvalue weighted by Crippen LogP contribution is 2.25. The first kappa shape index (κ1) is 8.93. The second kappa shape index (κ2) is 3.49. The first-order valence-corrected chi connectivity index (χ1v) is 3.91. The van der Waals surface area contributed by atoms with Gasteiger partial charge in [-0.1, -0.05) is 6.58 Å². The van der Waals surface area contributed by atoms with Gasteiger partial charge in [0.15, 0.2) is 0 Å². The number of rotatable bonds is 2. The second-order valence-electron chi connectivity index (χ2n) is 2.10. The fraction of sp³-hybridized carbons (Fsp3) is 0. The molecule has 0 amide bonds. The molecule has 0 N–H and O–H groups in total. The summed E-state index contributed by atoms with van der Waals surface area (Å²) in [6, 6.07) is 4.61. The van der Waals surface area contributed by atoms with Crippen LogP contribution in [0.25, 0.3) is 0 Å². The van der Waals surface area contributed by atoms with Gasteiger partial charge in [0.05, 0.1) is 9.40 Å². The summed E-state index contributed by atoms with van der Waals surface area (Å²) < 4.78 is 0.446. The van der Waals surface area contributed by atoms with E-state index >= 15 is 0 Å². The second-order valence-corrected chi connectivity index (χ2v) is 2.95. The maximum Gasteiger partial charge on any atom is 0.283 e. The van der Waals surface area contributed by atoms with Gasteiger partial charge in [0.1, 0.15) is 0 Å². The quantitative estimate of drug-likeness (QED) is 0.575. The predicted molar refractivity (Wildman–Crippen MR) is 48.8 cm³/mol. The van der Waals surface area contributed by atoms with E-state index in [1.165, 1.54) is 6.07 Å². The highest BCUT2D eigenvalue weighted by atomic mass is 79.9. The fourth-order valence-electron chi connectivity index (χ4n) is 0.765. The Morgan fingerprint density at radius 1 is 1.58 bits per heavy atom. The molecule has 0 aromatic heterocycles. The van der Waals surface area contributed by atoms with Crippen LogP contribution in [0.5, 0.6) is 0 Å². The van der Waals surface area contributed by atoms with Gasteiger partial charge >= 0.3 is 0 Å². The molecule has 61 valence electrons. The van der Waals surface area contributed by atoms with Crippen molar-refractivity contribution in [1.82, 2.24) is 0 Å². The van der Waals surface area contributed by atoms with Gasteiger partial charge in [-0.05, 0) is 39.7 Å². The Kier molecular flexibility index (Phi) is 2.60. The normalized spacial score (nSPS) is 9.42. The van der Waals surface area contributed by atoms with Gasteiger partial charge in [0, 0.05) is 6.07 Å². The molecule has 0 saturated carbocycles. The standard InChI is InChI=1S/C8H5BrNO2/c1-2-6-3-4-8(10(11)12)7(9)5-6/h3-5H,1H2. The van der Waals surface area contributed by atoms with Crippen LogP contribution < -0.4 is 0 Å². The van der Waals surface area contributed by atoms with Crippen molar-refractivity contribution < 1.29 is 4.92 Å². The SMILES string of the molecule is C=[C]c1ccc([N+](=O)[O-])c(Br)c1. The lowest BCUT2D eigenvalue weighted by molar-refractivity contribution is -0.385. The fourth-order valence-corrected chi connectivity index (χ4v) is 1.29. The molecule has 12 heavy (non-hydrogen) atoms. The van der Waals surface area contributed by atoms with E-state index in [9.17, 15) is 10.1 Å². The molecule has 0 saturated heterocycles. The zero-order chi connectivity index (χ0) is 9.14. The van der Waals surface area contributed by atoms with Crippen LogP contribution in [0.2, 0.25) is 0 Å². The molecule has 3 nitrogen and oxygen atoms in total. The molecule has 1 radical (unpaired) electrons. The van der Waals surface area contributed by atoms with Crippen molar-refractivity contribution in [3.63, 3.8) is 0 Å². The van der Waals surface area contributed by atoms with Crippen LogP contribution in [0.4, 0.5) is 5.69 Å². The van der Waals surface area contributed by atoms with Crippen molar-refractivity contribution >= 4 is 21.6 Å². The molecular weight excluding hydrogens is 222 g/mol. The first-order valence-electron chi connectivity index (χ1n) is 3.12. The maximum absolute atomic E-state index is 10.4. The third-order valence-electron chi connectivity index (χ3n) is 1.35. The smallest absolute Gasteiger partial charge is 0.258 e. The third kappa shape index (κ3) is 1.71. The number of nitro benzene ring substituents is 1. The molecule has 0 unspecified atom stereocenters. The highest BCUT2D eigenvalue weighted by molar-refractivity contribution is 9.10. The predicted octanol–water partition coefficient (Wildman–Crippen LogP) is 2.69. The van der Waals surface area contributed by atoms with Crippen LogP contribution in [0.15, 0.2) is 29.3 Å². The van der Waals surface area contributed by atoms with Gasteiger partial charge in [0.25, 0.3) is 5.69 Å². The van der Waals surface area contributed by atoms with E-state index in [1.54, 1.807) is 12.1 Å². The molecule has 0 atom stereocenters. The summed E-state index contributed by atoms with van der Waals surface area (Å²) in [5.41, 5.74) is 0.779. The molecule has 1 aromatic carbocycles. The Labute approximate surface area is 78.0 Å². The summed E-state index contributed by atoms with van der Waals surface area (Å²) in [6.45, 7) is 3.43. The molecule has 1 aromatic rings. The number of halogens is 1. The van der Waals surface area contributed by atoms with E-state index in [0.717, 1.165) is 5.56 Å². The Hall–Kier alpha value is -1.16. The zero-order valence-electron chi connectivity index (χ0n) is 6.08. The molecule has 0 bridgehead atoms. The Bertz CT molecular complexity index is 336. The maximum atomic E-state index is 10.4. The monoisotopic (exact) mass is 226 g/mol. The van der Waals surface area contributed by atoms with E-state index in [-0.39, 0.29) is 5.69 Å². The minimum atomic E-state index is -0.447. The lowest BCUT2D eigenvalue weighted by Crippen LogP contribution is -1.89. The summed E-state index contributed by atoms with van der Waals surface area (Å²) in [6.07, 6.45) is 2.63. The molecule has 0 aliphatic carbocycles. The minimum absolute atomic E-state index is 0.0500. The molecular formula is C8H5BrNO2. The summed E-state index contributed by atoms with van der Waals surface area (Å²) >= 11 is 3.08. The average molecular weight is 227 g/mol. The van der Waals surface area contributed by atoms with E-state index in [0.29, 0.717) is 4.47 Å². The van der Waals surface area contributed by atoms with Crippen LogP contribution >= 0.6 is 15.9 Å². The van der Waals surface area contributed by atoms with Crippen LogP contribution in [-0.2, 0) is 0 Å². The van der Waals surface area contributed by atoms with Crippen molar-refractivity contribution in [2.24, 2.45) is 0 Å². The van der Waals surface area contributed by atoms with Crippen LogP contribution in [0, 0.1) is 16.2 Å². The van der Waals surface area contributed by atoms with Gasteiger partial charge in [-0.15, -0.1) is 0 Å². The molecule has 0 aliphatic rings. The number of nitro groups is 1. The van der Waals surface area contributed by atoms with Gasteiger partial charge in [0.2, 0.25) is 0 Å². The molecule has 0 spiro atoms. The van der Waals surface area contributed by atoms with Crippen molar-refractivity contribution in [2.75, 3.05) is 0 Å². The minimum Gasteiger partial charge on any atom is -0.258 e. The summed E-state index contributed by atoms with van der Waals surface area (Å²) in [7, 11) is 0. The van der Waals surface area contributed by atoms with Crippen molar-refractivity contribution in [3.8, 4) is 0 Å². The number of hydrogen-bond donors (Lipinski definition) is 0. The van der Waals surface area contributed by atoms with Crippen LogP contribution in [-0.4, -0.2) is 4.92 Å². The summed E-state index contributed by atoms with van der Waals surface area (Å²) in [4.78, 5) is 9.91. The van der Waals surface area contributed by atoms with E-state index in [1.807, 2.05) is 0 Å². The van der Waals surface area contributed by atoms with E-state index in [4.69, 9.17) is 0 Å². The first-order chi connectivity index (χ1) is 5.65. The van der Waals surface area contributed by atoms with Gasteiger partial charge in [-0.25, -0.2) is 0 Å². The zero-order valence-corrected chi connectivity index (χ0v) is 7.67. The third-order valence-corrected chi connectivity index (χ3v) is 1.98. The van der Waals surface area contributed by atoms with E-state index < -0.39 is 4.92 Å². The van der Waals surface area contributed by atoms with Crippen LogP contribution in [0.1, 0.15) is 5.56 Å². The molecule has 4 heteroatoms. The largest absolute Gasteiger partial charge is 0.283 e. The van der Waals surface area contributed by atoms with Crippen molar-refractivity contribution in [1.29, 1.82) is 0 Å². The van der Waals surface area contributed by atoms with Gasteiger partial charge in [-0.2, -0.15) is 0 Å². The number of nitrogens with zero attached hydrogens (tertiary/aromatic N) is 1. The Morgan fingerprint density at radius 2 is 2.25 bits per heavy atom. The highest BCUT2D eigenvalue weighted by Gasteiger charge is 2.10. The summed E-state index contributed by atoms with van der Waals surface area (Å²) in [5, 5.41) is 10.4. The number of benzene rings is 1. The Morgan fingerprint density at radius 3 is 2.67 bits per heavy atom. The molecule has 0 heterocycles. The average Bonchev–Trinajstić information content (AvgIpc) is 2.03. The Balaban J connectivity index is 3.20. The lowest BCUT2D eigenvalue weighted by Gasteiger charge is -1.95.